The third-order valence-electron chi connectivity index (χ3n) is 4.44. The number of hydrogen-bond donors (Lipinski definition) is 1. The second-order valence-electron chi connectivity index (χ2n) is 5.79. The van der Waals surface area contributed by atoms with E-state index in [1.807, 2.05) is 0 Å². The molecule has 2 saturated heterocycles. The van der Waals surface area contributed by atoms with E-state index in [2.05, 4.69) is 24.1 Å². The van der Waals surface area contributed by atoms with E-state index < -0.39 is 0 Å². The van der Waals surface area contributed by atoms with E-state index in [9.17, 15) is 4.79 Å². The second-order valence-corrected chi connectivity index (χ2v) is 5.79. The first-order valence-electron chi connectivity index (χ1n) is 7.22. The smallest absolute Gasteiger partial charge is 0.225 e. The van der Waals surface area contributed by atoms with E-state index in [1.165, 1.54) is 25.7 Å². The summed E-state index contributed by atoms with van der Waals surface area (Å²) in [6.07, 6.45) is 5.04. The van der Waals surface area contributed by atoms with Gasteiger partial charge in [0.15, 0.2) is 0 Å². The summed E-state index contributed by atoms with van der Waals surface area (Å²) in [4.78, 5) is 14.5. The van der Waals surface area contributed by atoms with Crippen LogP contribution in [0.25, 0.3) is 0 Å². The fraction of sp³-hybridized carbons (Fsp3) is 0.929. The Bertz CT molecular complexity index is 261. The predicted molar refractivity (Wildman–Crippen MR) is 69.7 cm³/mol. The molecule has 17 heavy (non-hydrogen) atoms. The molecule has 1 amide bonds. The minimum Gasteiger partial charge on any atom is -0.342 e. The molecule has 2 fully saturated rings. The van der Waals surface area contributed by atoms with Crippen LogP contribution >= 0.6 is 0 Å². The molecule has 0 aromatic heterocycles. The van der Waals surface area contributed by atoms with Gasteiger partial charge in [0, 0.05) is 19.0 Å². The van der Waals surface area contributed by atoms with Crippen molar-refractivity contribution in [3.8, 4) is 0 Å². The van der Waals surface area contributed by atoms with Gasteiger partial charge >= 0.3 is 0 Å². The average Bonchev–Trinajstić information content (AvgIpc) is 2.26. The molecule has 2 unspecified atom stereocenters. The molecule has 2 heterocycles. The first-order valence-corrected chi connectivity index (χ1v) is 7.22. The summed E-state index contributed by atoms with van der Waals surface area (Å²) in [5.74, 6) is 1.95. The van der Waals surface area contributed by atoms with Crippen molar-refractivity contribution in [3.05, 3.63) is 0 Å². The van der Waals surface area contributed by atoms with E-state index in [4.69, 9.17) is 0 Å². The maximum Gasteiger partial charge on any atom is 0.225 e. The van der Waals surface area contributed by atoms with E-state index in [0.717, 1.165) is 32.1 Å². The zero-order valence-electron chi connectivity index (χ0n) is 11.2. The summed E-state index contributed by atoms with van der Waals surface area (Å²) >= 11 is 0. The van der Waals surface area contributed by atoms with E-state index in [-0.39, 0.29) is 5.92 Å². The van der Waals surface area contributed by atoms with Crippen molar-refractivity contribution in [2.45, 2.75) is 39.5 Å². The number of carbonyl (C=O) groups is 1. The van der Waals surface area contributed by atoms with Crippen LogP contribution in [0.3, 0.4) is 0 Å². The quantitative estimate of drug-likeness (QED) is 0.811. The summed E-state index contributed by atoms with van der Waals surface area (Å²) < 4.78 is 0. The number of carbonyl (C=O) groups excluding carboxylic acids is 1. The molecule has 0 bridgehead atoms. The Kier molecular flexibility index (Phi) is 4.43. The normalized spacial score (nSPS) is 27.6. The van der Waals surface area contributed by atoms with Gasteiger partial charge in [-0.2, -0.15) is 0 Å². The number of nitrogens with one attached hydrogen (secondary N) is 1. The third kappa shape index (κ3) is 3.01. The summed E-state index contributed by atoms with van der Waals surface area (Å²) in [6.45, 7) is 8.40. The van der Waals surface area contributed by atoms with Crippen LogP contribution in [0.1, 0.15) is 39.5 Å². The van der Waals surface area contributed by atoms with Gasteiger partial charge < -0.3 is 10.2 Å². The van der Waals surface area contributed by atoms with Crippen LogP contribution in [0.5, 0.6) is 0 Å². The zero-order valence-corrected chi connectivity index (χ0v) is 11.2. The zero-order chi connectivity index (χ0) is 12.3. The van der Waals surface area contributed by atoms with Crippen LogP contribution in [-0.4, -0.2) is 37.0 Å². The van der Waals surface area contributed by atoms with Crippen LogP contribution in [0.2, 0.25) is 0 Å². The summed E-state index contributed by atoms with van der Waals surface area (Å²) in [5.41, 5.74) is 0. The van der Waals surface area contributed by atoms with Gasteiger partial charge in [-0.15, -0.1) is 0 Å². The molecule has 2 rings (SSSR count). The maximum atomic E-state index is 12.4. The summed E-state index contributed by atoms with van der Waals surface area (Å²) in [7, 11) is 0. The topological polar surface area (TPSA) is 32.3 Å². The van der Waals surface area contributed by atoms with Crippen molar-refractivity contribution >= 4 is 5.91 Å². The minimum atomic E-state index is 0.219. The van der Waals surface area contributed by atoms with E-state index >= 15 is 0 Å². The SMILES string of the molecule is CCCC1CCCN(C(=O)C(C)C2CNC2)C1. The highest BCUT2D eigenvalue weighted by molar-refractivity contribution is 5.79. The largest absolute Gasteiger partial charge is 0.342 e. The molecule has 0 aromatic carbocycles. The lowest BCUT2D eigenvalue weighted by Crippen LogP contribution is -2.51. The number of amides is 1. The fourth-order valence-electron chi connectivity index (χ4n) is 3.06. The highest BCUT2D eigenvalue weighted by atomic mass is 16.2. The molecular formula is C14H26N2O. The molecular weight excluding hydrogens is 212 g/mol. The molecule has 2 aliphatic heterocycles. The Morgan fingerprint density at radius 2 is 2.24 bits per heavy atom. The first kappa shape index (κ1) is 12.9. The van der Waals surface area contributed by atoms with Crippen molar-refractivity contribution in [1.82, 2.24) is 10.2 Å². The summed E-state index contributed by atoms with van der Waals surface area (Å²) in [6, 6.07) is 0. The first-order chi connectivity index (χ1) is 8.22. The number of nitrogens with zero attached hydrogens (tertiary/aromatic N) is 1. The summed E-state index contributed by atoms with van der Waals surface area (Å²) in [5, 5.41) is 3.26. The second kappa shape index (κ2) is 5.85. The predicted octanol–water partition coefficient (Wildman–Crippen LogP) is 1.88. The Labute approximate surface area is 105 Å². The maximum absolute atomic E-state index is 12.4. The number of piperidine rings is 1. The Morgan fingerprint density at radius 3 is 2.82 bits per heavy atom. The van der Waals surface area contributed by atoms with Gasteiger partial charge in [-0.1, -0.05) is 20.3 Å². The lowest BCUT2D eigenvalue weighted by Gasteiger charge is -2.38. The third-order valence-corrected chi connectivity index (χ3v) is 4.44. The molecule has 0 radical (unpaired) electrons. The average molecular weight is 238 g/mol. The van der Waals surface area contributed by atoms with Gasteiger partial charge in [0.25, 0.3) is 0 Å². The molecule has 2 atom stereocenters. The van der Waals surface area contributed by atoms with E-state index in [0.29, 0.717) is 11.8 Å². The van der Waals surface area contributed by atoms with Gasteiger partial charge in [0.1, 0.15) is 0 Å². The Hall–Kier alpha value is -0.570. The molecule has 3 nitrogen and oxygen atoms in total. The van der Waals surface area contributed by atoms with Gasteiger partial charge in [-0.3, -0.25) is 4.79 Å². The minimum absolute atomic E-state index is 0.219. The molecule has 0 aliphatic carbocycles. The molecule has 98 valence electrons. The molecule has 1 N–H and O–H groups in total. The highest BCUT2D eigenvalue weighted by Crippen LogP contribution is 2.25. The van der Waals surface area contributed by atoms with Crippen LogP contribution in [0.4, 0.5) is 0 Å². The molecule has 0 saturated carbocycles. The molecule has 3 heteroatoms. The lowest BCUT2D eigenvalue weighted by atomic mass is 9.86. The lowest BCUT2D eigenvalue weighted by molar-refractivity contribution is -0.139. The number of hydrogen-bond acceptors (Lipinski definition) is 2. The molecule has 0 aromatic rings. The van der Waals surface area contributed by atoms with Crippen LogP contribution in [0.15, 0.2) is 0 Å². The van der Waals surface area contributed by atoms with E-state index in [1.54, 1.807) is 0 Å². The van der Waals surface area contributed by atoms with Gasteiger partial charge in [0.2, 0.25) is 5.91 Å². The van der Waals surface area contributed by atoms with Crippen molar-refractivity contribution in [1.29, 1.82) is 0 Å². The van der Waals surface area contributed by atoms with Gasteiger partial charge in [-0.25, -0.2) is 0 Å². The van der Waals surface area contributed by atoms with Crippen LogP contribution in [0, 0.1) is 17.8 Å². The van der Waals surface area contributed by atoms with Crippen molar-refractivity contribution in [3.63, 3.8) is 0 Å². The van der Waals surface area contributed by atoms with Crippen molar-refractivity contribution in [2.75, 3.05) is 26.2 Å². The van der Waals surface area contributed by atoms with Gasteiger partial charge in [-0.05, 0) is 44.2 Å². The molecule has 0 spiro atoms. The Balaban J connectivity index is 1.85. The van der Waals surface area contributed by atoms with Crippen LogP contribution in [-0.2, 0) is 4.79 Å². The standard InChI is InChI=1S/C14H26N2O/c1-3-5-12-6-4-7-16(10-12)14(17)11(2)13-8-15-9-13/h11-13,15H,3-10H2,1-2H3. The molecule has 2 aliphatic rings. The van der Waals surface area contributed by atoms with Gasteiger partial charge in [0.05, 0.1) is 0 Å². The number of rotatable bonds is 4. The van der Waals surface area contributed by atoms with Crippen molar-refractivity contribution in [2.24, 2.45) is 17.8 Å². The monoisotopic (exact) mass is 238 g/mol. The fourth-order valence-corrected chi connectivity index (χ4v) is 3.06. The Morgan fingerprint density at radius 1 is 1.47 bits per heavy atom. The van der Waals surface area contributed by atoms with Crippen LogP contribution < -0.4 is 5.32 Å². The number of likely N-dealkylation sites (tertiary alicyclic amines) is 1. The highest BCUT2D eigenvalue weighted by Gasteiger charge is 2.33. The van der Waals surface area contributed by atoms with Crippen molar-refractivity contribution < 1.29 is 4.79 Å².